The third-order valence-corrected chi connectivity index (χ3v) is 3.04. The first-order chi connectivity index (χ1) is 10.1. The number of rotatable bonds is 6. The van der Waals surface area contributed by atoms with Gasteiger partial charge in [-0.1, -0.05) is 44.2 Å². The average molecular weight is 283 g/mol. The van der Waals surface area contributed by atoms with Crippen molar-refractivity contribution in [2.75, 3.05) is 6.54 Å². The Balaban J connectivity index is 1.88. The molecule has 0 heterocycles. The largest absolute Gasteiger partial charge is 0.489 e. The van der Waals surface area contributed by atoms with Crippen molar-refractivity contribution in [3.8, 4) is 5.75 Å². The Kier molecular flexibility index (Phi) is 5.38. The van der Waals surface area contributed by atoms with E-state index in [2.05, 4.69) is 19.2 Å². The summed E-state index contributed by atoms with van der Waals surface area (Å²) in [7, 11) is 0. The summed E-state index contributed by atoms with van der Waals surface area (Å²) in [6.45, 7) is 5.35. The molecular formula is C18H21NO2. The topological polar surface area (TPSA) is 38.3 Å². The summed E-state index contributed by atoms with van der Waals surface area (Å²) in [4.78, 5) is 11.9. The molecule has 2 aromatic rings. The van der Waals surface area contributed by atoms with Gasteiger partial charge in [-0.3, -0.25) is 4.79 Å². The Labute approximate surface area is 126 Å². The third kappa shape index (κ3) is 4.95. The van der Waals surface area contributed by atoms with Gasteiger partial charge in [0.2, 0.25) is 0 Å². The highest BCUT2D eigenvalue weighted by Gasteiger charge is 2.06. The van der Waals surface area contributed by atoms with E-state index in [-0.39, 0.29) is 5.91 Å². The molecule has 0 saturated carbocycles. The highest BCUT2D eigenvalue weighted by Crippen LogP contribution is 2.14. The Morgan fingerprint density at radius 2 is 1.71 bits per heavy atom. The molecule has 3 nitrogen and oxygen atoms in total. The predicted octanol–water partition coefficient (Wildman–Crippen LogP) is 3.65. The molecule has 1 amide bonds. The Hall–Kier alpha value is -2.29. The van der Waals surface area contributed by atoms with Gasteiger partial charge in [0, 0.05) is 12.1 Å². The molecule has 0 aliphatic rings. The number of benzene rings is 2. The predicted molar refractivity (Wildman–Crippen MR) is 84.4 cm³/mol. The van der Waals surface area contributed by atoms with Crippen molar-refractivity contribution >= 4 is 5.91 Å². The lowest BCUT2D eigenvalue weighted by molar-refractivity contribution is 0.0949. The SMILES string of the molecule is CC(C)CNC(=O)c1ccc(OCc2ccccc2)cc1. The van der Waals surface area contributed by atoms with E-state index >= 15 is 0 Å². The number of carbonyl (C=O) groups excluding carboxylic acids is 1. The van der Waals surface area contributed by atoms with E-state index in [4.69, 9.17) is 4.74 Å². The first-order valence-electron chi connectivity index (χ1n) is 7.20. The van der Waals surface area contributed by atoms with E-state index < -0.39 is 0 Å². The fourth-order valence-corrected chi connectivity index (χ4v) is 1.84. The number of amides is 1. The van der Waals surface area contributed by atoms with Crippen LogP contribution in [0.15, 0.2) is 54.6 Å². The van der Waals surface area contributed by atoms with Gasteiger partial charge in [-0.25, -0.2) is 0 Å². The lowest BCUT2D eigenvalue weighted by Gasteiger charge is -2.09. The minimum atomic E-state index is -0.0432. The summed E-state index contributed by atoms with van der Waals surface area (Å²) in [6.07, 6.45) is 0. The Bertz CT molecular complexity index is 562. The van der Waals surface area contributed by atoms with Gasteiger partial charge in [-0.2, -0.15) is 0 Å². The Morgan fingerprint density at radius 3 is 2.33 bits per heavy atom. The third-order valence-electron chi connectivity index (χ3n) is 3.04. The fourth-order valence-electron chi connectivity index (χ4n) is 1.84. The first-order valence-corrected chi connectivity index (χ1v) is 7.20. The van der Waals surface area contributed by atoms with Crippen LogP contribution in [0.1, 0.15) is 29.8 Å². The molecule has 2 aromatic carbocycles. The van der Waals surface area contributed by atoms with Crippen molar-refractivity contribution in [1.82, 2.24) is 5.32 Å². The lowest BCUT2D eigenvalue weighted by atomic mass is 10.2. The van der Waals surface area contributed by atoms with Crippen LogP contribution in [-0.2, 0) is 6.61 Å². The van der Waals surface area contributed by atoms with Gasteiger partial charge in [0.25, 0.3) is 5.91 Å². The van der Waals surface area contributed by atoms with Crippen molar-refractivity contribution in [2.24, 2.45) is 5.92 Å². The Morgan fingerprint density at radius 1 is 1.05 bits per heavy atom. The van der Waals surface area contributed by atoms with Gasteiger partial charge < -0.3 is 10.1 Å². The molecule has 0 atom stereocenters. The molecule has 0 radical (unpaired) electrons. The molecule has 0 aromatic heterocycles. The minimum Gasteiger partial charge on any atom is -0.489 e. The van der Waals surface area contributed by atoms with Crippen LogP contribution in [-0.4, -0.2) is 12.5 Å². The molecule has 0 spiro atoms. The maximum absolute atomic E-state index is 11.9. The van der Waals surface area contributed by atoms with Gasteiger partial charge in [-0.05, 0) is 35.7 Å². The number of nitrogens with one attached hydrogen (secondary N) is 1. The van der Waals surface area contributed by atoms with Crippen molar-refractivity contribution in [3.05, 3.63) is 65.7 Å². The molecule has 0 bridgehead atoms. The van der Waals surface area contributed by atoms with Crippen molar-refractivity contribution in [1.29, 1.82) is 0 Å². The van der Waals surface area contributed by atoms with Crippen LogP contribution in [0.5, 0.6) is 5.75 Å². The second-order valence-corrected chi connectivity index (χ2v) is 5.40. The van der Waals surface area contributed by atoms with Crippen molar-refractivity contribution in [2.45, 2.75) is 20.5 Å². The lowest BCUT2D eigenvalue weighted by Crippen LogP contribution is -2.27. The first kappa shape index (κ1) is 15.1. The molecule has 0 aliphatic heterocycles. The second-order valence-electron chi connectivity index (χ2n) is 5.40. The summed E-state index contributed by atoms with van der Waals surface area (Å²) < 4.78 is 5.69. The van der Waals surface area contributed by atoms with E-state index in [1.54, 1.807) is 12.1 Å². The fraction of sp³-hybridized carbons (Fsp3) is 0.278. The molecule has 0 saturated heterocycles. The molecule has 3 heteroatoms. The molecule has 0 unspecified atom stereocenters. The summed E-state index contributed by atoms with van der Waals surface area (Å²) in [5, 5.41) is 2.90. The van der Waals surface area contributed by atoms with Crippen LogP contribution in [0.4, 0.5) is 0 Å². The summed E-state index contributed by atoms with van der Waals surface area (Å²) in [6, 6.07) is 17.2. The number of carbonyl (C=O) groups is 1. The summed E-state index contributed by atoms with van der Waals surface area (Å²) in [5.41, 5.74) is 1.78. The quantitative estimate of drug-likeness (QED) is 0.878. The maximum atomic E-state index is 11.9. The van der Waals surface area contributed by atoms with Crippen LogP contribution >= 0.6 is 0 Å². The molecule has 110 valence electrons. The van der Waals surface area contributed by atoms with Crippen molar-refractivity contribution in [3.63, 3.8) is 0 Å². The van der Waals surface area contributed by atoms with E-state index in [1.807, 2.05) is 42.5 Å². The van der Waals surface area contributed by atoms with E-state index in [0.29, 0.717) is 24.6 Å². The van der Waals surface area contributed by atoms with Gasteiger partial charge in [0.05, 0.1) is 0 Å². The highest BCUT2D eigenvalue weighted by atomic mass is 16.5. The molecule has 2 rings (SSSR count). The number of hydrogen-bond donors (Lipinski definition) is 1. The minimum absolute atomic E-state index is 0.0432. The molecule has 1 N–H and O–H groups in total. The number of ether oxygens (including phenoxy) is 1. The molecular weight excluding hydrogens is 262 g/mol. The zero-order valence-electron chi connectivity index (χ0n) is 12.5. The monoisotopic (exact) mass is 283 g/mol. The normalized spacial score (nSPS) is 10.4. The van der Waals surface area contributed by atoms with Crippen LogP contribution in [0.25, 0.3) is 0 Å². The van der Waals surface area contributed by atoms with Gasteiger partial charge >= 0.3 is 0 Å². The molecule has 0 aliphatic carbocycles. The van der Waals surface area contributed by atoms with E-state index in [1.165, 1.54) is 0 Å². The van der Waals surface area contributed by atoms with Crippen LogP contribution < -0.4 is 10.1 Å². The van der Waals surface area contributed by atoms with Crippen molar-refractivity contribution < 1.29 is 9.53 Å². The zero-order valence-corrected chi connectivity index (χ0v) is 12.5. The molecule has 21 heavy (non-hydrogen) atoms. The second kappa shape index (κ2) is 7.48. The van der Waals surface area contributed by atoms with E-state index in [9.17, 15) is 4.79 Å². The van der Waals surface area contributed by atoms with Crippen LogP contribution in [0.3, 0.4) is 0 Å². The zero-order chi connectivity index (χ0) is 15.1. The highest BCUT2D eigenvalue weighted by molar-refractivity contribution is 5.94. The van der Waals surface area contributed by atoms with Crippen LogP contribution in [0.2, 0.25) is 0 Å². The van der Waals surface area contributed by atoms with Crippen LogP contribution in [0, 0.1) is 5.92 Å². The summed E-state index contributed by atoms with van der Waals surface area (Å²) in [5.74, 6) is 1.17. The standard InChI is InChI=1S/C18H21NO2/c1-14(2)12-19-18(20)16-8-10-17(11-9-16)21-13-15-6-4-3-5-7-15/h3-11,14H,12-13H2,1-2H3,(H,19,20). The van der Waals surface area contributed by atoms with Gasteiger partial charge in [-0.15, -0.1) is 0 Å². The van der Waals surface area contributed by atoms with E-state index in [0.717, 1.165) is 11.3 Å². The smallest absolute Gasteiger partial charge is 0.251 e. The summed E-state index contributed by atoms with van der Waals surface area (Å²) >= 11 is 0. The number of hydrogen-bond acceptors (Lipinski definition) is 2. The van der Waals surface area contributed by atoms with Gasteiger partial charge in [0.1, 0.15) is 12.4 Å². The van der Waals surface area contributed by atoms with Gasteiger partial charge in [0.15, 0.2) is 0 Å². The maximum Gasteiger partial charge on any atom is 0.251 e. The average Bonchev–Trinajstić information content (AvgIpc) is 2.52. The molecule has 0 fully saturated rings.